The first-order chi connectivity index (χ1) is 9.78. The van der Waals surface area contributed by atoms with E-state index in [4.69, 9.17) is 4.74 Å². The van der Waals surface area contributed by atoms with Gasteiger partial charge < -0.3 is 10.1 Å². The Balaban J connectivity index is 1.80. The molecule has 1 N–H and O–H groups in total. The molecule has 0 saturated carbocycles. The topological polar surface area (TPSA) is 21.3 Å². The Labute approximate surface area is 118 Å². The van der Waals surface area contributed by atoms with E-state index in [2.05, 4.69) is 11.9 Å². The van der Waals surface area contributed by atoms with E-state index < -0.39 is 0 Å². The van der Waals surface area contributed by atoms with Crippen LogP contribution in [-0.2, 0) is 11.3 Å². The van der Waals surface area contributed by atoms with Crippen LogP contribution in [0.2, 0.25) is 0 Å². The third kappa shape index (κ3) is 4.52. The van der Waals surface area contributed by atoms with Crippen LogP contribution in [0.25, 0.3) is 0 Å². The lowest BCUT2D eigenvalue weighted by atomic mass is 10.2. The van der Waals surface area contributed by atoms with Crippen LogP contribution in [0.3, 0.4) is 0 Å². The quantitative estimate of drug-likeness (QED) is 0.768. The van der Waals surface area contributed by atoms with Gasteiger partial charge in [-0.2, -0.15) is 0 Å². The normalized spacial score (nSPS) is 11.8. The van der Waals surface area contributed by atoms with Gasteiger partial charge in [0.25, 0.3) is 0 Å². The van der Waals surface area contributed by atoms with E-state index >= 15 is 0 Å². The molecule has 0 heterocycles. The van der Waals surface area contributed by atoms with Crippen molar-refractivity contribution in [1.29, 1.82) is 0 Å². The molecule has 0 saturated heterocycles. The fourth-order valence-corrected chi connectivity index (χ4v) is 1.81. The van der Waals surface area contributed by atoms with Crippen molar-refractivity contribution in [3.05, 3.63) is 78.6 Å². The second-order valence-corrected chi connectivity index (χ2v) is 4.49. The Morgan fingerprint density at radius 1 is 1.10 bits per heavy atom. The largest absolute Gasteiger partial charge is 0.377 e. The van der Waals surface area contributed by atoms with Crippen molar-refractivity contribution in [2.75, 3.05) is 11.9 Å². The predicted octanol–water partition coefficient (Wildman–Crippen LogP) is 4.01. The Morgan fingerprint density at radius 2 is 1.80 bits per heavy atom. The summed E-state index contributed by atoms with van der Waals surface area (Å²) in [5.74, 6) is -0.244. The van der Waals surface area contributed by atoms with Gasteiger partial charge in [0.05, 0.1) is 19.3 Å². The van der Waals surface area contributed by atoms with Gasteiger partial charge in [0, 0.05) is 5.69 Å². The number of anilines is 1. The first kappa shape index (κ1) is 14.3. The molecule has 1 unspecified atom stereocenters. The van der Waals surface area contributed by atoms with Crippen LogP contribution in [0, 0.1) is 5.82 Å². The van der Waals surface area contributed by atoms with Crippen molar-refractivity contribution in [3.8, 4) is 0 Å². The molecule has 0 amide bonds. The van der Waals surface area contributed by atoms with Crippen molar-refractivity contribution in [2.24, 2.45) is 0 Å². The maximum atomic E-state index is 12.8. The molecule has 104 valence electrons. The van der Waals surface area contributed by atoms with Gasteiger partial charge in [-0.25, -0.2) is 4.39 Å². The molecule has 0 spiro atoms. The maximum absolute atomic E-state index is 12.8. The van der Waals surface area contributed by atoms with Crippen molar-refractivity contribution in [2.45, 2.75) is 12.6 Å². The summed E-state index contributed by atoms with van der Waals surface area (Å²) in [5, 5.41) is 3.23. The summed E-state index contributed by atoms with van der Waals surface area (Å²) in [6.45, 7) is 4.86. The predicted molar refractivity (Wildman–Crippen MR) is 80.1 cm³/mol. The SMILES string of the molecule is C=CC(COCc1ccccc1)Nc1ccc(F)cc1. The molecular weight excluding hydrogens is 253 g/mol. The summed E-state index contributed by atoms with van der Waals surface area (Å²) >= 11 is 0. The number of nitrogens with one attached hydrogen (secondary N) is 1. The van der Waals surface area contributed by atoms with E-state index in [1.54, 1.807) is 18.2 Å². The average molecular weight is 271 g/mol. The number of halogens is 1. The minimum atomic E-state index is -0.244. The average Bonchev–Trinajstić information content (AvgIpc) is 2.49. The van der Waals surface area contributed by atoms with Crippen LogP contribution in [0.15, 0.2) is 67.3 Å². The molecule has 3 heteroatoms. The second-order valence-electron chi connectivity index (χ2n) is 4.49. The number of hydrogen-bond donors (Lipinski definition) is 1. The number of benzene rings is 2. The van der Waals surface area contributed by atoms with Crippen LogP contribution < -0.4 is 5.32 Å². The Hall–Kier alpha value is -2.13. The number of ether oxygens (including phenoxy) is 1. The highest BCUT2D eigenvalue weighted by Gasteiger charge is 2.04. The summed E-state index contributed by atoms with van der Waals surface area (Å²) in [6, 6.07) is 16.2. The zero-order chi connectivity index (χ0) is 14.2. The van der Waals surface area contributed by atoms with Gasteiger partial charge in [0.1, 0.15) is 5.82 Å². The molecule has 1 atom stereocenters. The summed E-state index contributed by atoms with van der Waals surface area (Å²) in [7, 11) is 0. The van der Waals surface area contributed by atoms with Gasteiger partial charge in [0.15, 0.2) is 0 Å². The third-order valence-electron chi connectivity index (χ3n) is 2.89. The molecule has 20 heavy (non-hydrogen) atoms. The fourth-order valence-electron chi connectivity index (χ4n) is 1.81. The van der Waals surface area contributed by atoms with E-state index in [9.17, 15) is 4.39 Å². The Bertz CT molecular complexity index is 524. The third-order valence-corrected chi connectivity index (χ3v) is 2.89. The van der Waals surface area contributed by atoms with Crippen LogP contribution in [-0.4, -0.2) is 12.6 Å². The highest BCUT2D eigenvalue weighted by molar-refractivity contribution is 5.44. The smallest absolute Gasteiger partial charge is 0.123 e. The van der Waals surface area contributed by atoms with E-state index in [1.165, 1.54) is 12.1 Å². The zero-order valence-electron chi connectivity index (χ0n) is 11.3. The minimum absolute atomic E-state index is 0.0100. The Morgan fingerprint density at radius 3 is 2.45 bits per heavy atom. The summed E-state index contributed by atoms with van der Waals surface area (Å²) in [6.07, 6.45) is 1.79. The lowest BCUT2D eigenvalue weighted by molar-refractivity contribution is 0.120. The molecule has 0 fully saturated rings. The van der Waals surface area contributed by atoms with Gasteiger partial charge >= 0.3 is 0 Å². The van der Waals surface area contributed by atoms with Gasteiger partial charge in [-0.1, -0.05) is 36.4 Å². The van der Waals surface area contributed by atoms with E-state index in [-0.39, 0.29) is 11.9 Å². The van der Waals surface area contributed by atoms with Crippen molar-refractivity contribution in [1.82, 2.24) is 0 Å². The second kappa shape index (κ2) is 7.46. The maximum Gasteiger partial charge on any atom is 0.123 e. The molecule has 0 aliphatic heterocycles. The van der Waals surface area contributed by atoms with Crippen molar-refractivity contribution >= 4 is 5.69 Å². The van der Waals surface area contributed by atoms with Gasteiger partial charge in [-0.3, -0.25) is 0 Å². The van der Waals surface area contributed by atoms with E-state index in [0.29, 0.717) is 13.2 Å². The number of hydrogen-bond acceptors (Lipinski definition) is 2. The monoisotopic (exact) mass is 271 g/mol. The van der Waals surface area contributed by atoms with Gasteiger partial charge in [-0.05, 0) is 29.8 Å². The molecule has 2 rings (SSSR count). The summed E-state index contributed by atoms with van der Waals surface area (Å²) in [5.41, 5.74) is 1.98. The first-order valence-electron chi connectivity index (χ1n) is 6.54. The molecule has 0 aliphatic rings. The van der Waals surface area contributed by atoms with E-state index in [1.807, 2.05) is 30.3 Å². The molecule has 0 radical (unpaired) electrons. The van der Waals surface area contributed by atoms with Crippen LogP contribution in [0.1, 0.15) is 5.56 Å². The molecule has 2 aromatic carbocycles. The molecule has 0 bridgehead atoms. The number of rotatable bonds is 7. The van der Waals surface area contributed by atoms with Crippen molar-refractivity contribution < 1.29 is 9.13 Å². The lowest BCUT2D eigenvalue weighted by Gasteiger charge is -2.16. The zero-order valence-corrected chi connectivity index (χ0v) is 11.3. The fraction of sp³-hybridized carbons (Fsp3) is 0.176. The lowest BCUT2D eigenvalue weighted by Crippen LogP contribution is -2.22. The van der Waals surface area contributed by atoms with Gasteiger partial charge in [0.2, 0.25) is 0 Å². The van der Waals surface area contributed by atoms with E-state index in [0.717, 1.165) is 11.3 Å². The molecular formula is C17H18FNO. The Kier molecular flexibility index (Phi) is 5.33. The minimum Gasteiger partial charge on any atom is -0.377 e. The molecule has 2 nitrogen and oxygen atoms in total. The van der Waals surface area contributed by atoms with Crippen molar-refractivity contribution in [3.63, 3.8) is 0 Å². The summed E-state index contributed by atoms with van der Waals surface area (Å²) < 4.78 is 18.5. The first-order valence-corrected chi connectivity index (χ1v) is 6.54. The molecule has 2 aromatic rings. The standard InChI is InChI=1S/C17H18FNO/c1-2-16(19-17-10-8-15(18)9-11-17)13-20-12-14-6-4-3-5-7-14/h2-11,16,19H,1,12-13H2. The van der Waals surface area contributed by atoms with Crippen LogP contribution >= 0.6 is 0 Å². The van der Waals surface area contributed by atoms with Gasteiger partial charge in [-0.15, -0.1) is 6.58 Å². The highest BCUT2D eigenvalue weighted by atomic mass is 19.1. The highest BCUT2D eigenvalue weighted by Crippen LogP contribution is 2.11. The summed E-state index contributed by atoms with van der Waals surface area (Å²) in [4.78, 5) is 0. The van der Waals surface area contributed by atoms with Crippen LogP contribution in [0.4, 0.5) is 10.1 Å². The molecule has 0 aromatic heterocycles. The molecule has 0 aliphatic carbocycles. The van der Waals surface area contributed by atoms with Crippen LogP contribution in [0.5, 0.6) is 0 Å².